The maximum Gasteiger partial charge on any atom is 0.291 e. The van der Waals surface area contributed by atoms with Gasteiger partial charge in [-0.3, -0.25) is 14.5 Å². The fraction of sp³-hybridized carbons (Fsp3) is 0.562. The molecule has 0 aliphatic carbocycles. The molecule has 0 bridgehead atoms. The highest BCUT2D eigenvalue weighted by molar-refractivity contribution is 6.00. The largest absolute Gasteiger partial charge is 0.337 e. The summed E-state index contributed by atoms with van der Waals surface area (Å²) in [6.45, 7) is 2.67. The van der Waals surface area contributed by atoms with Gasteiger partial charge in [0, 0.05) is 26.1 Å². The molecule has 2 aromatic heterocycles. The number of aryl methyl sites for hydroxylation is 2. The van der Waals surface area contributed by atoms with Crippen molar-refractivity contribution in [3.63, 3.8) is 0 Å². The summed E-state index contributed by atoms with van der Waals surface area (Å²) in [4.78, 5) is 31.1. The number of hydrogen-bond acceptors (Lipinski definition) is 5. The number of rotatable bonds is 3. The van der Waals surface area contributed by atoms with Gasteiger partial charge in [0.15, 0.2) is 0 Å². The fourth-order valence-electron chi connectivity index (χ4n) is 3.57. The third-order valence-electron chi connectivity index (χ3n) is 5.02. The van der Waals surface area contributed by atoms with Crippen molar-refractivity contribution in [2.24, 2.45) is 0 Å². The Kier molecular flexibility index (Phi) is 3.78. The van der Waals surface area contributed by atoms with Crippen LogP contribution in [0.5, 0.6) is 0 Å². The molecule has 0 aromatic carbocycles. The Morgan fingerprint density at radius 1 is 1.40 bits per heavy atom. The minimum Gasteiger partial charge on any atom is -0.337 e. The van der Waals surface area contributed by atoms with Crippen molar-refractivity contribution in [1.82, 2.24) is 29.9 Å². The van der Waals surface area contributed by atoms with Crippen molar-refractivity contribution in [2.45, 2.75) is 51.2 Å². The number of amides is 2. The lowest BCUT2D eigenvalue weighted by Crippen LogP contribution is -2.47. The van der Waals surface area contributed by atoms with Crippen LogP contribution in [-0.4, -0.2) is 49.4 Å². The summed E-state index contributed by atoms with van der Waals surface area (Å²) in [7, 11) is 1.69. The normalized spacial score (nSPS) is 22.5. The highest BCUT2D eigenvalue weighted by Gasteiger charge is 2.32. The van der Waals surface area contributed by atoms with Gasteiger partial charge in [0.05, 0.1) is 12.2 Å². The van der Waals surface area contributed by atoms with Gasteiger partial charge in [-0.25, -0.2) is 14.3 Å². The third-order valence-corrected chi connectivity index (χ3v) is 5.02. The fourth-order valence-corrected chi connectivity index (χ4v) is 3.57. The number of nitrogens with one attached hydrogen (secondary N) is 1. The summed E-state index contributed by atoms with van der Waals surface area (Å²) in [5.74, 6) is 1.16. The zero-order valence-electron chi connectivity index (χ0n) is 14.3. The number of fused-ring (bicyclic) bond motifs is 2. The van der Waals surface area contributed by atoms with Gasteiger partial charge in [-0.05, 0) is 19.3 Å². The van der Waals surface area contributed by atoms with Crippen LogP contribution < -0.4 is 10.2 Å². The van der Waals surface area contributed by atoms with Crippen molar-refractivity contribution >= 4 is 17.6 Å². The van der Waals surface area contributed by atoms with Crippen LogP contribution in [0.4, 0.5) is 5.82 Å². The van der Waals surface area contributed by atoms with E-state index in [1.54, 1.807) is 24.0 Å². The topological polar surface area (TPSA) is 97.9 Å². The van der Waals surface area contributed by atoms with E-state index in [2.05, 4.69) is 27.4 Å². The predicted octanol–water partition coefficient (Wildman–Crippen LogP) is 0.537. The maximum atomic E-state index is 12.6. The number of aromatic nitrogens is 5. The van der Waals surface area contributed by atoms with E-state index < -0.39 is 11.9 Å². The molecule has 2 amide bonds. The zero-order chi connectivity index (χ0) is 17.6. The first-order valence-electron chi connectivity index (χ1n) is 8.64. The summed E-state index contributed by atoms with van der Waals surface area (Å²) in [6.07, 6.45) is 4.97. The van der Waals surface area contributed by atoms with E-state index in [9.17, 15) is 9.59 Å². The second kappa shape index (κ2) is 5.98. The smallest absolute Gasteiger partial charge is 0.291 e. The number of carbonyl (C=O) groups excluding carboxylic acids is 2. The van der Waals surface area contributed by atoms with Gasteiger partial charge in [0.2, 0.25) is 5.82 Å². The van der Waals surface area contributed by atoms with Crippen LogP contribution in [-0.2, 0) is 17.8 Å². The Bertz CT molecular complexity index is 824. The molecular weight excluding hydrogens is 322 g/mol. The number of likely N-dealkylation sites (N-methyl/N-ethyl adjacent to an activating group) is 1. The van der Waals surface area contributed by atoms with Gasteiger partial charge in [0.25, 0.3) is 11.8 Å². The van der Waals surface area contributed by atoms with Gasteiger partial charge < -0.3 is 5.32 Å². The Morgan fingerprint density at radius 2 is 2.24 bits per heavy atom. The van der Waals surface area contributed by atoms with Crippen LogP contribution in [0, 0.1) is 0 Å². The first kappa shape index (κ1) is 15.8. The molecule has 4 heterocycles. The van der Waals surface area contributed by atoms with Crippen molar-refractivity contribution in [3.05, 3.63) is 23.9 Å². The lowest BCUT2D eigenvalue weighted by atomic mass is 10.2. The maximum absolute atomic E-state index is 12.6. The minimum absolute atomic E-state index is 0.144. The molecule has 0 fully saturated rings. The van der Waals surface area contributed by atoms with Crippen LogP contribution in [0.15, 0.2) is 12.3 Å². The summed E-state index contributed by atoms with van der Waals surface area (Å²) < 4.78 is 3.62. The number of carbonyl (C=O) groups is 2. The van der Waals surface area contributed by atoms with E-state index in [0.29, 0.717) is 19.0 Å². The number of nitrogens with zero attached hydrogens (tertiary/aromatic N) is 6. The average Bonchev–Trinajstić information content (AvgIpc) is 3.30. The van der Waals surface area contributed by atoms with Gasteiger partial charge in [-0.15, -0.1) is 5.10 Å². The van der Waals surface area contributed by atoms with Crippen molar-refractivity contribution in [2.75, 3.05) is 11.9 Å². The minimum atomic E-state index is -0.612. The monoisotopic (exact) mass is 343 g/mol. The first-order valence-corrected chi connectivity index (χ1v) is 8.64. The molecule has 25 heavy (non-hydrogen) atoms. The molecule has 2 aliphatic heterocycles. The van der Waals surface area contributed by atoms with Crippen LogP contribution >= 0.6 is 0 Å². The van der Waals surface area contributed by atoms with E-state index in [1.807, 2.05) is 4.68 Å². The molecule has 9 heteroatoms. The highest BCUT2D eigenvalue weighted by atomic mass is 16.2. The predicted molar refractivity (Wildman–Crippen MR) is 89.2 cm³/mol. The molecule has 1 N–H and O–H groups in total. The van der Waals surface area contributed by atoms with Crippen LogP contribution in [0.1, 0.15) is 48.7 Å². The van der Waals surface area contributed by atoms with E-state index >= 15 is 0 Å². The van der Waals surface area contributed by atoms with E-state index in [1.165, 1.54) is 4.90 Å². The molecule has 0 spiro atoms. The van der Waals surface area contributed by atoms with E-state index in [-0.39, 0.29) is 11.7 Å². The van der Waals surface area contributed by atoms with E-state index in [0.717, 1.165) is 30.9 Å². The quantitative estimate of drug-likeness (QED) is 0.877. The van der Waals surface area contributed by atoms with Crippen molar-refractivity contribution < 1.29 is 9.59 Å². The Balaban J connectivity index is 1.50. The van der Waals surface area contributed by atoms with E-state index in [4.69, 9.17) is 0 Å². The number of anilines is 1. The lowest BCUT2D eigenvalue weighted by molar-refractivity contribution is -0.120. The Morgan fingerprint density at radius 3 is 3.04 bits per heavy atom. The molecule has 2 atom stereocenters. The molecule has 132 valence electrons. The summed E-state index contributed by atoms with van der Waals surface area (Å²) in [5.41, 5.74) is 0. The number of hydrogen-bond donors (Lipinski definition) is 1. The van der Waals surface area contributed by atoms with Crippen LogP contribution in [0.2, 0.25) is 0 Å². The average molecular weight is 343 g/mol. The van der Waals surface area contributed by atoms with Gasteiger partial charge in [-0.1, -0.05) is 6.92 Å². The Hall–Kier alpha value is -2.71. The van der Waals surface area contributed by atoms with Crippen LogP contribution in [0.3, 0.4) is 0 Å². The summed E-state index contributed by atoms with van der Waals surface area (Å²) in [5, 5.41) is 11.4. The molecule has 2 aromatic rings. The zero-order valence-corrected chi connectivity index (χ0v) is 14.3. The van der Waals surface area contributed by atoms with Crippen LogP contribution in [0.25, 0.3) is 0 Å². The molecule has 0 radical (unpaired) electrons. The Labute approximate surface area is 145 Å². The van der Waals surface area contributed by atoms with Gasteiger partial charge in [-0.2, -0.15) is 5.10 Å². The van der Waals surface area contributed by atoms with Gasteiger partial charge in [0.1, 0.15) is 17.7 Å². The molecule has 4 rings (SSSR count). The van der Waals surface area contributed by atoms with Crippen molar-refractivity contribution in [3.8, 4) is 0 Å². The second-order valence-corrected chi connectivity index (χ2v) is 6.52. The molecule has 0 saturated heterocycles. The molecule has 0 saturated carbocycles. The standard InChI is InChI=1S/C16H21N7O2/c1-3-10-4-5-12-19-14(20-23(10)12)15(24)18-11-7-9-22-13(6-8-17-22)21(2)16(11)25/h6,8,10-11H,3-5,7,9H2,1-2H3,(H,18,24)/t10?,11-/m0/s1. The SMILES string of the molecule is CCC1CCc2nc(C(=O)N[C@H]3CCn4nccc4N(C)C3=O)nn21. The highest BCUT2D eigenvalue weighted by Crippen LogP contribution is 2.26. The molecular formula is C16H21N7O2. The first-order chi connectivity index (χ1) is 12.1. The lowest BCUT2D eigenvalue weighted by Gasteiger charge is -2.19. The summed E-state index contributed by atoms with van der Waals surface area (Å²) >= 11 is 0. The second-order valence-electron chi connectivity index (χ2n) is 6.52. The summed E-state index contributed by atoms with van der Waals surface area (Å²) in [6, 6.07) is 1.49. The van der Waals surface area contributed by atoms with Crippen molar-refractivity contribution in [1.29, 1.82) is 0 Å². The molecule has 2 aliphatic rings. The van der Waals surface area contributed by atoms with Gasteiger partial charge >= 0.3 is 0 Å². The third kappa shape index (κ3) is 2.59. The molecule has 1 unspecified atom stereocenters. The molecule has 9 nitrogen and oxygen atoms in total.